The molecule has 0 amide bonds. The van der Waals surface area contributed by atoms with Gasteiger partial charge in [0.15, 0.2) is 0 Å². The molecular weight excluding hydrogens is 268 g/mol. The highest BCUT2D eigenvalue weighted by Crippen LogP contribution is 2.51. The minimum atomic E-state index is -1.51. The Labute approximate surface area is 115 Å². The minimum Gasteiger partial charge on any atom is -0.481 e. The first-order chi connectivity index (χ1) is 9.10. The lowest BCUT2D eigenvalue weighted by Crippen LogP contribution is -2.68. The molecule has 1 atom stereocenters. The number of hydrogen-bond donors (Lipinski definition) is 5. The molecule has 0 heterocycles. The summed E-state index contributed by atoms with van der Waals surface area (Å²) in [6.45, 7) is 0. The van der Waals surface area contributed by atoms with Crippen molar-refractivity contribution in [3.8, 4) is 0 Å². The Morgan fingerprint density at radius 1 is 1.00 bits per heavy atom. The average Bonchev–Trinajstić information content (AvgIpc) is 2.22. The lowest BCUT2D eigenvalue weighted by atomic mass is 9.56. The Bertz CT molecular complexity index is 404. The van der Waals surface area contributed by atoms with Crippen LogP contribution in [0.2, 0.25) is 0 Å². The van der Waals surface area contributed by atoms with E-state index in [1.165, 1.54) is 0 Å². The monoisotopic (exact) mass is 288 g/mol. The van der Waals surface area contributed by atoms with Gasteiger partial charge < -0.3 is 26.8 Å². The number of carboxylic acids is 3. The number of hydrogen-bond acceptors (Lipinski definition) is 5. The van der Waals surface area contributed by atoms with Gasteiger partial charge in [0.1, 0.15) is 0 Å². The first-order valence-electron chi connectivity index (χ1n) is 6.34. The van der Waals surface area contributed by atoms with E-state index in [4.69, 9.17) is 26.8 Å². The van der Waals surface area contributed by atoms with Gasteiger partial charge in [-0.2, -0.15) is 0 Å². The van der Waals surface area contributed by atoms with Crippen LogP contribution in [0, 0.1) is 11.3 Å². The van der Waals surface area contributed by atoms with E-state index in [2.05, 4.69) is 0 Å². The van der Waals surface area contributed by atoms with Crippen molar-refractivity contribution in [1.82, 2.24) is 0 Å². The molecule has 8 nitrogen and oxygen atoms in total. The zero-order valence-corrected chi connectivity index (χ0v) is 11.0. The summed E-state index contributed by atoms with van der Waals surface area (Å²) in [7, 11) is 0. The van der Waals surface area contributed by atoms with Gasteiger partial charge in [0.05, 0.1) is 18.5 Å². The molecule has 0 saturated heterocycles. The van der Waals surface area contributed by atoms with Crippen molar-refractivity contribution in [1.29, 1.82) is 0 Å². The topological polar surface area (TPSA) is 164 Å². The normalized spacial score (nSPS) is 24.0. The van der Waals surface area contributed by atoms with E-state index < -0.39 is 47.7 Å². The fourth-order valence-corrected chi connectivity index (χ4v) is 3.27. The van der Waals surface area contributed by atoms with Crippen molar-refractivity contribution in [3.63, 3.8) is 0 Å². The van der Waals surface area contributed by atoms with E-state index in [0.717, 1.165) is 0 Å². The molecule has 1 aliphatic rings. The molecule has 7 N–H and O–H groups in total. The number of aliphatic carboxylic acids is 3. The van der Waals surface area contributed by atoms with Crippen LogP contribution in [-0.2, 0) is 14.4 Å². The highest BCUT2D eigenvalue weighted by molar-refractivity contribution is 5.73. The fraction of sp³-hybridized carbons (Fsp3) is 0.750. The second-order valence-corrected chi connectivity index (χ2v) is 5.52. The van der Waals surface area contributed by atoms with Crippen LogP contribution in [0.25, 0.3) is 0 Å². The minimum absolute atomic E-state index is 0.268. The third kappa shape index (κ3) is 3.26. The summed E-state index contributed by atoms with van der Waals surface area (Å²) >= 11 is 0. The molecule has 0 aromatic heterocycles. The first kappa shape index (κ1) is 16.4. The van der Waals surface area contributed by atoms with Crippen molar-refractivity contribution in [2.24, 2.45) is 22.8 Å². The molecule has 1 rings (SSSR count). The maximum absolute atomic E-state index is 11.1. The third-order valence-electron chi connectivity index (χ3n) is 4.21. The molecule has 1 aliphatic carbocycles. The zero-order valence-electron chi connectivity index (χ0n) is 11.0. The maximum atomic E-state index is 11.1. The molecule has 20 heavy (non-hydrogen) atoms. The summed E-state index contributed by atoms with van der Waals surface area (Å²) in [4.78, 5) is 33.2. The highest BCUT2D eigenvalue weighted by atomic mass is 16.4. The number of carbonyl (C=O) groups is 3. The van der Waals surface area contributed by atoms with Crippen LogP contribution in [0.5, 0.6) is 0 Å². The third-order valence-corrected chi connectivity index (χ3v) is 4.21. The van der Waals surface area contributed by atoms with Crippen molar-refractivity contribution in [3.05, 3.63) is 0 Å². The van der Waals surface area contributed by atoms with Crippen LogP contribution in [0.15, 0.2) is 0 Å². The van der Waals surface area contributed by atoms with Gasteiger partial charge in [-0.15, -0.1) is 0 Å². The summed E-state index contributed by atoms with van der Waals surface area (Å²) in [6.07, 6.45) is -0.218. The van der Waals surface area contributed by atoms with Gasteiger partial charge in [-0.1, -0.05) is 0 Å². The Morgan fingerprint density at radius 3 is 1.90 bits per heavy atom. The largest absolute Gasteiger partial charge is 0.481 e. The standard InChI is InChI=1S/C12H20N2O6/c13-12(14)3-1-2-7(4-8(15)16)11(12,5-9(17)18)6-10(19)20/h7H,1-6,13-14H2,(H,15,16)(H,17,18)(H,19,20). The molecule has 0 bridgehead atoms. The summed E-state index contributed by atoms with van der Waals surface area (Å²) in [5, 5.41) is 27.1. The zero-order chi connectivity index (χ0) is 15.6. The highest BCUT2D eigenvalue weighted by Gasteiger charge is 2.56. The molecule has 1 saturated carbocycles. The maximum Gasteiger partial charge on any atom is 0.304 e. The molecule has 1 unspecified atom stereocenters. The second kappa shape index (κ2) is 5.76. The van der Waals surface area contributed by atoms with Crippen LogP contribution in [0.3, 0.4) is 0 Å². The van der Waals surface area contributed by atoms with Gasteiger partial charge in [0.2, 0.25) is 0 Å². The second-order valence-electron chi connectivity index (χ2n) is 5.52. The van der Waals surface area contributed by atoms with Gasteiger partial charge in [-0.05, 0) is 25.2 Å². The van der Waals surface area contributed by atoms with Crippen LogP contribution in [-0.4, -0.2) is 38.9 Å². The van der Waals surface area contributed by atoms with E-state index in [1.54, 1.807) is 0 Å². The van der Waals surface area contributed by atoms with Crippen LogP contribution in [0.4, 0.5) is 0 Å². The number of nitrogens with two attached hydrogens (primary N) is 2. The van der Waals surface area contributed by atoms with Crippen molar-refractivity contribution in [2.75, 3.05) is 0 Å². The van der Waals surface area contributed by atoms with Gasteiger partial charge in [0.25, 0.3) is 0 Å². The summed E-state index contributed by atoms with van der Waals surface area (Å²) in [6, 6.07) is 0. The Hall–Kier alpha value is -1.67. The summed E-state index contributed by atoms with van der Waals surface area (Å²) in [5.41, 5.74) is 8.99. The fourth-order valence-electron chi connectivity index (χ4n) is 3.27. The number of carboxylic acid groups (broad SMARTS) is 3. The number of rotatable bonds is 6. The van der Waals surface area contributed by atoms with Crippen molar-refractivity contribution >= 4 is 17.9 Å². The van der Waals surface area contributed by atoms with E-state index in [1.807, 2.05) is 0 Å². The quantitative estimate of drug-likeness (QED) is 0.419. The van der Waals surface area contributed by atoms with Crippen molar-refractivity contribution < 1.29 is 29.7 Å². The van der Waals surface area contributed by atoms with Crippen LogP contribution < -0.4 is 11.5 Å². The lowest BCUT2D eigenvalue weighted by molar-refractivity contribution is -0.156. The lowest BCUT2D eigenvalue weighted by Gasteiger charge is -2.52. The van der Waals surface area contributed by atoms with Crippen LogP contribution >= 0.6 is 0 Å². The van der Waals surface area contributed by atoms with Gasteiger partial charge in [-0.25, -0.2) is 0 Å². The van der Waals surface area contributed by atoms with Crippen molar-refractivity contribution in [2.45, 2.75) is 44.2 Å². The predicted molar refractivity (Wildman–Crippen MR) is 67.6 cm³/mol. The Morgan fingerprint density at radius 2 is 1.50 bits per heavy atom. The molecular formula is C12H20N2O6. The average molecular weight is 288 g/mol. The molecule has 0 spiro atoms. The van der Waals surface area contributed by atoms with Gasteiger partial charge in [0, 0.05) is 11.8 Å². The Kier molecular flexibility index (Phi) is 4.72. The molecule has 0 radical (unpaired) electrons. The smallest absolute Gasteiger partial charge is 0.304 e. The molecule has 0 aromatic rings. The predicted octanol–water partition coefficient (Wildman–Crippen LogP) is -0.189. The summed E-state index contributed by atoms with van der Waals surface area (Å²) < 4.78 is 0. The molecule has 0 aliphatic heterocycles. The molecule has 8 heteroatoms. The Balaban J connectivity index is 3.26. The van der Waals surface area contributed by atoms with Gasteiger partial charge >= 0.3 is 17.9 Å². The first-order valence-corrected chi connectivity index (χ1v) is 6.34. The van der Waals surface area contributed by atoms with E-state index in [0.29, 0.717) is 12.8 Å². The molecule has 1 fully saturated rings. The van der Waals surface area contributed by atoms with E-state index >= 15 is 0 Å². The molecule has 0 aromatic carbocycles. The van der Waals surface area contributed by atoms with E-state index in [-0.39, 0.29) is 12.8 Å². The van der Waals surface area contributed by atoms with Gasteiger partial charge in [-0.3, -0.25) is 14.4 Å². The summed E-state index contributed by atoms with van der Waals surface area (Å²) in [5.74, 6) is -4.25. The van der Waals surface area contributed by atoms with E-state index in [9.17, 15) is 14.4 Å². The van der Waals surface area contributed by atoms with Crippen LogP contribution in [0.1, 0.15) is 38.5 Å². The SMILES string of the molecule is NC1(N)CCCC(CC(=O)O)C1(CC(=O)O)CC(=O)O. The molecule has 114 valence electrons.